The van der Waals surface area contributed by atoms with Crippen LogP contribution in [0.25, 0.3) is 0 Å². The summed E-state index contributed by atoms with van der Waals surface area (Å²) >= 11 is 0. The van der Waals surface area contributed by atoms with Crippen LogP contribution in [0, 0.1) is 10.8 Å². The Hall–Kier alpha value is -0.520. The van der Waals surface area contributed by atoms with Gasteiger partial charge in [-0.3, -0.25) is 0 Å². The van der Waals surface area contributed by atoms with Crippen molar-refractivity contribution in [1.82, 2.24) is 0 Å². The fraction of sp³-hybridized carbons (Fsp3) is 0.846. The van der Waals surface area contributed by atoms with Crippen molar-refractivity contribution < 1.29 is 0 Å². The molecule has 0 heterocycles. The van der Waals surface area contributed by atoms with Gasteiger partial charge in [-0.05, 0) is 18.3 Å². The van der Waals surface area contributed by atoms with Gasteiger partial charge in [0, 0.05) is 5.41 Å². The van der Waals surface area contributed by atoms with Crippen LogP contribution in [-0.2, 0) is 0 Å². The van der Waals surface area contributed by atoms with E-state index in [1.165, 1.54) is 103 Å². The lowest BCUT2D eigenvalue weighted by atomic mass is 9.61. The lowest BCUT2D eigenvalue weighted by Crippen LogP contribution is -2.34. The van der Waals surface area contributed by atoms with Crippen molar-refractivity contribution in [3.63, 3.8) is 0 Å². The highest BCUT2D eigenvalue weighted by atomic mass is 14.4. The standard InChI is InChI=1S/C26H50/c1-7-11-13-15-17-18-19-21-23-25(5,6)26(9-3,10-4)24-22-20-16-14-12-8-2/h9-10H,3-4,7-8,11-24H2,1-2,5-6H3. The number of hydrogen-bond acceptors (Lipinski definition) is 0. The summed E-state index contributed by atoms with van der Waals surface area (Å²) in [5.41, 5.74) is 0.362. The number of allylic oxidation sites excluding steroid dienone is 2. The van der Waals surface area contributed by atoms with E-state index in [1.807, 2.05) is 0 Å². The molecule has 0 fully saturated rings. The molecule has 0 heteroatoms. The number of unbranched alkanes of at least 4 members (excludes halogenated alkanes) is 12. The SMILES string of the molecule is C=CC(C=C)(CCCCCCCC)C(C)(C)CCCCCCCCCC. The van der Waals surface area contributed by atoms with Crippen molar-refractivity contribution in [2.45, 2.75) is 130 Å². The molecule has 0 aromatic rings. The van der Waals surface area contributed by atoms with Gasteiger partial charge in [0.05, 0.1) is 0 Å². The molecule has 0 nitrogen and oxygen atoms in total. The molecule has 0 saturated carbocycles. The summed E-state index contributed by atoms with van der Waals surface area (Å²) in [6.07, 6.45) is 26.3. The molecule has 0 aliphatic heterocycles. The third kappa shape index (κ3) is 9.98. The van der Waals surface area contributed by atoms with Crippen LogP contribution in [0.3, 0.4) is 0 Å². The van der Waals surface area contributed by atoms with Gasteiger partial charge in [-0.15, -0.1) is 13.2 Å². The Labute approximate surface area is 166 Å². The molecule has 0 rings (SSSR count). The first-order valence-electron chi connectivity index (χ1n) is 11.8. The first kappa shape index (κ1) is 25.5. The summed E-state index contributed by atoms with van der Waals surface area (Å²) in [5.74, 6) is 0. The zero-order chi connectivity index (χ0) is 19.7. The van der Waals surface area contributed by atoms with Crippen LogP contribution < -0.4 is 0 Å². The van der Waals surface area contributed by atoms with E-state index in [-0.39, 0.29) is 10.8 Å². The molecular weight excluding hydrogens is 312 g/mol. The van der Waals surface area contributed by atoms with Crippen molar-refractivity contribution in [3.05, 3.63) is 25.3 Å². The lowest BCUT2D eigenvalue weighted by molar-refractivity contribution is 0.142. The van der Waals surface area contributed by atoms with E-state index in [9.17, 15) is 0 Å². The van der Waals surface area contributed by atoms with Crippen molar-refractivity contribution in [2.75, 3.05) is 0 Å². The fourth-order valence-electron chi connectivity index (χ4n) is 4.31. The summed E-state index contributed by atoms with van der Waals surface area (Å²) < 4.78 is 0. The van der Waals surface area contributed by atoms with Gasteiger partial charge in [-0.1, -0.05) is 130 Å². The van der Waals surface area contributed by atoms with Gasteiger partial charge < -0.3 is 0 Å². The van der Waals surface area contributed by atoms with Crippen LogP contribution in [0.5, 0.6) is 0 Å². The summed E-state index contributed by atoms with van der Waals surface area (Å²) in [5, 5.41) is 0. The highest BCUT2D eigenvalue weighted by Crippen LogP contribution is 2.48. The molecule has 0 aromatic carbocycles. The van der Waals surface area contributed by atoms with Crippen molar-refractivity contribution in [2.24, 2.45) is 10.8 Å². The largest absolute Gasteiger partial charge is 0.102 e. The Morgan fingerprint density at radius 1 is 0.538 bits per heavy atom. The van der Waals surface area contributed by atoms with Crippen molar-refractivity contribution in [1.29, 1.82) is 0 Å². The summed E-state index contributed by atoms with van der Waals surface area (Å²) in [6.45, 7) is 17.9. The zero-order valence-corrected chi connectivity index (χ0v) is 18.9. The first-order valence-corrected chi connectivity index (χ1v) is 11.8. The van der Waals surface area contributed by atoms with Crippen molar-refractivity contribution in [3.8, 4) is 0 Å². The van der Waals surface area contributed by atoms with Gasteiger partial charge in [0.15, 0.2) is 0 Å². The molecule has 0 spiro atoms. The molecule has 0 aliphatic rings. The van der Waals surface area contributed by atoms with E-state index >= 15 is 0 Å². The van der Waals surface area contributed by atoms with Crippen LogP contribution in [0.2, 0.25) is 0 Å². The Morgan fingerprint density at radius 3 is 1.27 bits per heavy atom. The third-order valence-electron chi connectivity index (χ3n) is 6.59. The second-order valence-corrected chi connectivity index (χ2v) is 9.08. The molecule has 0 aliphatic carbocycles. The van der Waals surface area contributed by atoms with Gasteiger partial charge in [-0.2, -0.15) is 0 Å². The fourth-order valence-corrected chi connectivity index (χ4v) is 4.31. The summed E-state index contributed by atoms with van der Waals surface area (Å²) in [6, 6.07) is 0. The highest BCUT2D eigenvalue weighted by Gasteiger charge is 2.38. The van der Waals surface area contributed by atoms with E-state index in [1.54, 1.807) is 0 Å². The quantitative estimate of drug-likeness (QED) is 0.158. The van der Waals surface area contributed by atoms with Gasteiger partial charge >= 0.3 is 0 Å². The average molecular weight is 363 g/mol. The maximum atomic E-state index is 4.21. The Kier molecular flexibility index (Phi) is 15.2. The van der Waals surface area contributed by atoms with Crippen LogP contribution in [0.1, 0.15) is 130 Å². The molecule has 0 amide bonds. The predicted octanol–water partition coefficient (Wildman–Crippen LogP) is 9.65. The number of hydrogen-bond donors (Lipinski definition) is 0. The predicted molar refractivity (Wildman–Crippen MR) is 122 cm³/mol. The summed E-state index contributed by atoms with van der Waals surface area (Å²) in [4.78, 5) is 0. The highest BCUT2D eigenvalue weighted by molar-refractivity contribution is 5.13. The van der Waals surface area contributed by atoms with Crippen molar-refractivity contribution >= 4 is 0 Å². The monoisotopic (exact) mass is 362 g/mol. The minimum atomic E-state index is 0.0961. The Morgan fingerprint density at radius 2 is 0.885 bits per heavy atom. The average Bonchev–Trinajstić information content (AvgIpc) is 2.63. The van der Waals surface area contributed by atoms with Crippen LogP contribution in [-0.4, -0.2) is 0 Å². The van der Waals surface area contributed by atoms with Gasteiger partial charge in [-0.25, -0.2) is 0 Å². The van der Waals surface area contributed by atoms with E-state index in [4.69, 9.17) is 0 Å². The lowest BCUT2D eigenvalue weighted by Gasteiger charge is -2.43. The van der Waals surface area contributed by atoms with E-state index in [0.29, 0.717) is 0 Å². The van der Waals surface area contributed by atoms with Crippen LogP contribution in [0.4, 0.5) is 0 Å². The molecule has 0 saturated heterocycles. The first-order chi connectivity index (χ1) is 12.5. The van der Waals surface area contributed by atoms with E-state index in [0.717, 1.165) is 0 Å². The molecule has 0 N–H and O–H groups in total. The maximum Gasteiger partial charge on any atom is 0.0107 e. The normalized spacial score (nSPS) is 12.3. The third-order valence-corrected chi connectivity index (χ3v) is 6.59. The number of rotatable bonds is 19. The molecule has 0 atom stereocenters. The second-order valence-electron chi connectivity index (χ2n) is 9.08. The van der Waals surface area contributed by atoms with Gasteiger partial charge in [0.25, 0.3) is 0 Å². The van der Waals surface area contributed by atoms with E-state index < -0.39 is 0 Å². The Bertz CT molecular complexity index is 328. The van der Waals surface area contributed by atoms with Gasteiger partial charge in [0.1, 0.15) is 0 Å². The Balaban J connectivity index is 4.23. The van der Waals surface area contributed by atoms with Crippen LogP contribution in [0.15, 0.2) is 25.3 Å². The van der Waals surface area contributed by atoms with Gasteiger partial charge in [0.2, 0.25) is 0 Å². The molecule has 0 bridgehead atoms. The maximum absolute atomic E-state index is 4.21. The minimum absolute atomic E-state index is 0.0961. The molecular formula is C26H50. The topological polar surface area (TPSA) is 0 Å². The molecule has 154 valence electrons. The minimum Gasteiger partial charge on any atom is -0.102 e. The molecule has 0 radical (unpaired) electrons. The van der Waals surface area contributed by atoms with Crippen LogP contribution >= 0.6 is 0 Å². The van der Waals surface area contributed by atoms with E-state index in [2.05, 4.69) is 53.0 Å². The molecule has 0 unspecified atom stereocenters. The molecule has 0 aromatic heterocycles. The zero-order valence-electron chi connectivity index (χ0n) is 18.9. The second kappa shape index (κ2) is 15.5. The molecule has 26 heavy (non-hydrogen) atoms. The smallest absolute Gasteiger partial charge is 0.0107 e. The summed E-state index contributed by atoms with van der Waals surface area (Å²) in [7, 11) is 0.